The molecule has 1 atom stereocenters. The molecule has 0 saturated carbocycles. The van der Waals surface area contributed by atoms with Gasteiger partial charge in [-0.05, 0) is 43.5 Å². The first-order chi connectivity index (χ1) is 14.2. The van der Waals surface area contributed by atoms with E-state index in [0.29, 0.717) is 12.1 Å². The van der Waals surface area contributed by atoms with Crippen LogP contribution in [0.15, 0.2) is 89.9 Å². The van der Waals surface area contributed by atoms with Gasteiger partial charge in [0.25, 0.3) is 5.91 Å². The molecule has 4 aromatic rings. The Bertz CT molecular complexity index is 1070. The van der Waals surface area contributed by atoms with Crippen molar-refractivity contribution in [3.63, 3.8) is 0 Å². The van der Waals surface area contributed by atoms with Gasteiger partial charge in [-0.15, -0.1) is 0 Å². The lowest BCUT2D eigenvalue weighted by Crippen LogP contribution is -2.38. The van der Waals surface area contributed by atoms with E-state index in [2.05, 4.69) is 36.2 Å². The van der Waals surface area contributed by atoms with Gasteiger partial charge < -0.3 is 9.32 Å². The maximum Gasteiger partial charge on any atom is 0.255 e. The number of carbonyl (C=O) groups excluding carboxylic acids is 1. The zero-order chi connectivity index (χ0) is 20.1. The number of furan rings is 1. The highest BCUT2D eigenvalue weighted by Gasteiger charge is 2.23. The third kappa shape index (κ3) is 4.54. The standard InChI is InChI=1S/C25H24N2O2/c1-19(11-12-20-7-3-2-4-8-20)27(17-21-13-14-29-18-21)25(28)23-15-22-9-5-6-10-24(22)26-16-23/h2-10,13-16,18-19H,11-12,17H2,1H3. The molecular formula is C25H24N2O2. The number of hydrogen-bond donors (Lipinski definition) is 0. The van der Waals surface area contributed by atoms with Crippen LogP contribution in [0.1, 0.15) is 34.8 Å². The van der Waals surface area contributed by atoms with E-state index in [0.717, 1.165) is 29.3 Å². The number of aromatic nitrogens is 1. The van der Waals surface area contributed by atoms with Gasteiger partial charge in [-0.1, -0.05) is 48.5 Å². The average Bonchev–Trinajstić information content (AvgIpc) is 3.29. The molecule has 0 aliphatic heterocycles. The zero-order valence-corrected chi connectivity index (χ0v) is 16.5. The molecule has 4 nitrogen and oxygen atoms in total. The van der Waals surface area contributed by atoms with Crippen LogP contribution in [0.5, 0.6) is 0 Å². The molecule has 146 valence electrons. The van der Waals surface area contributed by atoms with Crippen molar-refractivity contribution in [1.82, 2.24) is 9.88 Å². The highest BCUT2D eigenvalue weighted by molar-refractivity contribution is 5.97. The van der Waals surface area contributed by atoms with Crippen LogP contribution in [0, 0.1) is 0 Å². The summed E-state index contributed by atoms with van der Waals surface area (Å²) < 4.78 is 5.22. The Hall–Kier alpha value is -3.40. The topological polar surface area (TPSA) is 46.3 Å². The summed E-state index contributed by atoms with van der Waals surface area (Å²) in [5, 5.41) is 0.971. The van der Waals surface area contributed by atoms with Crippen molar-refractivity contribution in [3.8, 4) is 0 Å². The fourth-order valence-corrected chi connectivity index (χ4v) is 3.54. The number of amides is 1. The minimum absolute atomic E-state index is 0.00925. The number of para-hydroxylation sites is 1. The monoisotopic (exact) mass is 384 g/mol. The fourth-order valence-electron chi connectivity index (χ4n) is 3.54. The Balaban J connectivity index is 1.57. The molecule has 2 aromatic carbocycles. The van der Waals surface area contributed by atoms with Gasteiger partial charge in [0.1, 0.15) is 0 Å². The number of pyridine rings is 1. The van der Waals surface area contributed by atoms with Crippen molar-refractivity contribution in [2.45, 2.75) is 32.4 Å². The molecule has 0 aliphatic carbocycles. The number of hydrogen-bond acceptors (Lipinski definition) is 3. The smallest absolute Gasteiger partial charge is 0.255 e. The fraction of sp³-hybridized carbons (Fsp3) is 0.200. The molecule has 0 saturated heterocycles. The number of rotatable bonds is 7. The minimum Gasteiger partial charge on any atom is -0.472 e. The maximum absolute atomic E-state index is 13.4. The quantitative estimate of drug-likeness (QED) is 0.423. The van der Waals surface area contributed by atoms with Gasteiger partial charge in [0.15, 0.2) is 0 Å². The third-order valence-corrected chi connectivity index (χ3v) is 5.26. The second-order valence-corrected chi connectivity index (χ2v) is 7.35. The van der Waals surface area contributed by atoms with Crippen LogP contribution < -0.4 is 0 Å². The lowest BCUT2D eigenvalue weighted by atomic mass is 10.0. The van der Waals surface area contributed by atoms with E-state index >= 15 is 0 Å². The van der Waals surface area contributed by atoms with E-state index < -0.39 is 0 Å². The molecule has 1 unspecified atom stereocenters. The molecule has 4 heteroatoms. The first-order valence-corrected chi connectivity index (χ1v) is 9.91. The van der Waals surface area contributed by atoms with Crippen LogP contribution in [-0.2, 0) is 13.0 Å². The van der Waals surface area contributed by atoms with Crippen LogP contribution in [-0.4, -0.2) is 21.8 Å². The molecule has 0 bridgehead atoms. The molecule has 4 rings (SSSR count). The highest BCUT2D eigenvalue weighted by Crippen LogP contribution is 2.20. The van der Waals surface area contributed by atoms with Crippen LogP contribution in [0.3, 0.4) is 0 Å². The van der Waals surface area contributed by atoms with Gasteiger partial charge in [-0.25, -0.2) is 0 Å². The van der Waals surface area contributed by atoms with Crippen LogP contribution in [0.2, 0.25) is 0 Å². The molecular weight excluding hydrogens is 360 g/mol. The summed E-state index contributed by atoms with van der Waals surface area (Å²) in [6.07, 6.45) is 6.83. The summed E-state index contributed by atoms with van der Waals surface area (Å²) in [6.45, 7) is 2.62. The van der Waals surface area contributed by atoms with E-state index in [9.17, 15) is 4.79 Å². The van der Waals surface area contributed by atoms with Crippen molar-refractivity contribution >= 4 is 16.8 Å². The SMILES string of the molecule is CC(CCc1ccccc1)N(Cc1ccoc1)C(=O)c1cnc2ccccc2c1. The van der Waals surface area contributed by atoms with Gasteiger partial charge in [-0.3, -0.25) is 9.78 Å². The number of fused-ring (bicyclic) bond motifs is 1. The van der Waals surface area contributed by atoms with Crippen molar-refractivity contribution in [3.05, 3.63) is 102 Å². The van der Waals surface area contributed by atoms with Gasteiger partial charge in [-0.2, -0.15) is 0 Å². The van der Waals surface area contributed by atoms with E-state index in [-0.39, 0.29) is 11.9 Å². The van der Waals surface area contributed by atoms with Gasteiger partial charge in [0, 0.05) is 29.7 Å². The van der Waals surface area contributed by atoms with Crippen LogP contribution in [0.25, 0.3) is 10.9 Å². The molecule has 0 N–H and O–H groups in total. The summed E-state index contributed by atoms with van der Waals surface area (Å²) in [5.74, 6) is -0.00925. The predicted molar refractivity (Wildman–Crippen MR) is 115 cm³/mol. The average molecular weight is 384 g/mol. The van der Waals surface area contributed by atoms with E-state index in [1.165, 1.54) is 5.56 Å². The molecule has 0 radical (unpaired) electrons. The summed E-state index contributed by atoms with van der Waals surface area (Å²) >= 11 is 0. The van der Waals surface area contributed by atoms with E-state index in [1.807, 2.05) is 47.4 Å². The number of nitrogens with zero attached hydrogens (tertiary/aromatic N) is 2. The summed E-state index contributed by atoms with van der Waals surface area (Å²) in [5.41, 5.74) is 3.77. The molecule has 2 heterocycles. The lowest BCUT2D eigenvalue weighted by Gasteiger charge is -2.29. The Morgan fingerprint density at radius 2 is 1.83 bits per heavy atom. The van der Waals surface area contributed by atoms with E-state index in [1.54, 1.807) is 18.7 Å². The molecule has 0 fully saturated rings. The molecule has 0 spiro atoms. The van der Waals surface area contributed by atoms with Gasteiger partial charge in [0.05, 0.1) is 23.6 Å². The van der Waals surface area contributed by atoms with Gasteiger partial charge >= 0.3 is 0 Å². The lowest BCUT2D eigenvalue weighted by molar-refractivity contribution is 0.0667. The predicted octanol–water partition coefficient (Wildman–Crippen LogP) is 5.49. The Morgan fingerprint density at radius 1 is 1.03 bits per heavy atom. The zero-order valence-electron chi connectivity index (χ0n) is 16.5. The summed E-state index contributed by atoms with van der Waals surface area (Å²) in [4.78, 5) is 19.8. The first-order valence-electron chi connectivity index (χ1n) is 9.91. The Labute approximate surface area is 170 Å². The van der Waals surface area contributed by atoms with Crippen molar-refractivity contribution in [2.24, 2.45) is 0 Å². The largest absolute Gasteiger partial charge is 0.472 e. The normalized spacial score (nSPS) is 12.0. The van der Waals surface area contributed by atoms with Crippen LogP contribution >= 0.6 is 0 Å². The summed E-state index contributed by atoms with van der Waals surface area (Å²) in [7, 11) is 0. The van der Waals surface area contributed by atoms with Crippen molar-refractivity contribution in [2.75, 3.05) is 0 Å². The Morgan fingerprint density at radius 3 is 2.62 bits per heavy atom. The molecule has 0 aliphatic rings. The molecule has 1 amide bonds. The maximum atomic E-state index is 13.4. The first kappa shape index (κ1) is 18.9. The second-order valence-electron chi connectivity index (χ2n) is 7.35. The number of benzene rings is 2. The number of aryl methyl sites for hydroxylation is 1. The molecule has 29 heavy (non-hydrogen) atoms. The highest BCUT2D eigenvalue weighted by atomic mass is 16.3. The third-order valence-electron chi connectivity index (χ3n) is 5.26. The van der Waals surface area contributed by atoms with Gasteiger partial charge in [0.2, 0.25) is 0 Å². The van der Waals surface area contributed by atoms with Crippen molar-refractivity contribution in [1.29, 1.82) is 0 Å². The van der Waals surface area contributed by atoms with Crippen LogP contribution in [0.4, 0.5) is 0 Å². The summed E-state index contributed by atoms with van der Waals surface area (Å²) in [6, 6.07) is 22.1. The molecule has 2 aromatic heterocycles. The minimum atomic E-state index is -0.00925. The second kappa shape index (κ2) is 8.74. The van der Waals surface area contributed by atoms with Crippen molar-refractivity contribution < 1.29 is 9.21 Å². The Kier molecular flexibility index (Phi) is 5.71. The number of carbonyl (C=O) groups is 1. The van der Waals surface area contributed by atoms with E-state index in [4.69, 9.17) is 4.42 Å².